The third kappa shape index (κ3) is 2.67. The third-order valence-electron chi connectivity index (χ3n) is 3.13. The molecule has 102 valence electrons. The van der Waals surface area contributed by atoms with Gasteiger partial charge in [0.15, 0.2) is 0 Å². The second-order valence-corrected chi connectivity index (χ2v) is 5.48. The van der Waals surface area contributed by atoms with E-state index in [9.17, 15) is 0 Å². The fourth-order valence-electron chi connectivity index (χ4n) is 1.94. The summed E-state index contributed by atoms with van der Waals surface area (Å²) in [4.78, 5) is 0. The Hall–Kier alpha value is -1.33. The molecule has 0 aliphatic carbocycles. The minimum atomic E-state index is 0.417. The summed E-state index contributed by atoms with van der Waals surface area (Å²) in [6.07, 6.45) is 0. The number of nitrogens with one attached hydrogen (secondary N) is 1. The van der Waals surface area contributed by atoms with Crippen LogP contribution in [0.3, 0.4) is 0 Å². The van der Waals surface area contributed by atoms with Crippen molar-refractivity contribution in [2.75, 3.05) is 7.11 Å². The number of rotatable bonds is 4. The van der Waals surface area contributed by atoms with Gasteiger partial charge in [-0.3, -0.25) is 5.10 Å². The number of aromatic amines is 1. The van der Waals surface area contributed by atoms with Crippen molar-refractivity contribution in [3.05, 3.63) is 33.9 Å². The van der Waals surface area contributed by atoms with E-state index >= 15 is 0 Å². The van der Waals surface area contributed by atoms with Crippen LogP contribution in [0.2, 0.25) is 0 Å². The summed E-state index contributed by atoms with van der Waals surface area (Å²) in [5.74, 6) is 1.28. The molecule has 0 bridgehead atoms. The van der Waals surface area contributed by atoms with E-state index in [0.29, 0.717) is 12.5 Å². The van der Waals surface area contributed by atoms with Crippen LogP contribution in [0.4, 0.5) is 0 Å². The zero-order chi connectivity index (χ0) is 14.0. The van der Waals surface area contributed by atoms with Gasteiger partial charge in [-0.15, -0.1) is 0 Å². The molecule has 1 aromatic carbocycles. The first-order valence-electron chi connectivity index (χ1n) is 6.19. The fraction of sp³-hybridized carbons (Fsp3) is 0.357. The lowest BCUT2D eigenvalue weighted by Crippen LogP contribution is -1.97. The number of methoxy groups -OCH3 is 1. The van der Waals surface area contributed by atoms with Gasteiger partial charge in [-0.05, 0) is 39.5 Å². The van der Waals surface area contributed by atoms with Crippen LogP contribution < -0.4 is 10.5 Å². The number of halogens is 1. The molecule has 0 spiro atoms. The molecule has 3 N–H and O–H groups in total. The number of aromatic nitrogens is 2. The molecule has 0 atom stereocenters. The summed E-state index contributed by atoms with van der Waals surface area (Å²) >= 11 is 3.53. The lowest BCUT2D eigenvalue weighted by Gasteiger charge is -2.11. The molecule has 0 saturated heterocycles. The van der Waals surface area contributed by atoms with Gasteiger partial charge in [0.25, 0.3) is 0 Å². The van der Waals surface area contributed by atoms with E-state index in [0.717, 1.165) is 27.2 Å². The molecule has 2 aromatic rings. The summed E-state index contributed by atoms with van der Waals surface area (Å²) in [7, 11) is 1.67. The van der Waals surface area contributed by atoms with Gasteiger partial charge in [0.2, 0.25) is 0 Å². The predicted molar refractivity (Wildman–Crippen MR) is 80.3 cm³/mol. The zero-order valence-corrected chi connectivity index (χ0v) is 12.9. The lowest BCUT2D eigenvalue weighted by molar-refractivity contribution is 0.415. The first kappa shape index (κ1) is 14.1. The van der Waals surface area contributed by atoms with Crippen molar-refractivity contribution in [2.45, 2.75) is 26.3 Å². The molecular weight excluding hydrogens is 306 g/mol. The first-order chi connectivity index (χ1) is 9.08. The molecule has 19 heavy (non-hydrogen) atoms. The Morgan fingerprint density at radius 1 is 1.42 bits per heavy atom. The van der Waals surface area contributed by atoms with Gasteiger partial charge >= 0.3 is 0 Å². The van der Waals surface area contributed by atoms with Crippen molar-refractivity contribution < 1.29 is 4.74 Å². The van der Waals surface area contributed by atoms with Crippen molar-refractivity contribution in [3.63, 3.8) is 0 Å². The Balaban J connectivity index is 2.52. The topological polar surface area (TPSA) is 63.9 Å². The molecule has 2 rings (SSSR count). The Bertz CT molecular complexity index is 578. The highest BCUT2D eigenvalue weighted by Crippen LogP contribution is 2.36. The van der Waals surface area contributed by atoms with E-state index in [-0.39, 0.29) is 0 Å². The predicted octanol–water partition coefficient (Wildman–Crippen LogP) is 3.43. The first-order valence-corrected chi connectivity index (χ1v) is 6.98. The molecule has 5 heteroatoms. The van der Waals surface area contributed by atoms with Crippen molar-refractivity contribution in [1.82, 2.24) is 10.2 Å². The van der Waals surface area contributed by atoms with Crippen molar-refractivity contribution >= 4 is 15.9 Å². The molecule has 0 fully saturated rings. The number of hydrogen-bond donors (Lipinski definition) is 2. The van der Waals surface area contributed by atoms with Gasteiger partial charge in [-0.25, -0.2) is 0 Å². The van der Waals surface area contributed by atoms with Gasteiger partial charge < -0.3 is 10.5 Å². The Morgan fingerprint density at radius 2 is 2.16 bits per heavy atom. The number of hydrogen-bond acceptors (Lipinski definition) is 3. The minimum absolute atomic E-state index is 0.417. The maximum Gasteiger partial charge on any atom is 0.128 e. The second kappa shape index (κ2) is 5.75. The van der Waals surface area contributed by atoms with E-state index in [1.807, 2.05) is 6.07 Å². The van der Waals surface area contributed by atoms with Crippen LogP contribution in [0, 0.1) is 0 Å². The monoisotopic (exact) mass is 323 g/mol. The Kier molecular flexibility index (Phi) is 4.27. The third-order valence-corrected chi connectivity index (χ3v) is 3.98. The molecule has 4 nitrogen and oxygen atoms in total. The average molecular weight is 324 g/mol. The lowest BCUT2D eigenvalue weighted by atomic mass is 10.00. The van der Waals surface area contributed by atoms with Crippen LogP contribution in [0.25, 0.3) is 11.3 Å². The molecule has 1 aromatic heterocycles. The number of nitrogens with zero attached hydrogens (tertiary/aromatic N) is 1. The highest BCUT2D eigenvalue weighted by molar-refractivity contribution is 9.10. The van der Waals surface area contributed by atoms with Crippen LogP contribution in [-0.4, -0.2) is 17.3 Å². The maximum absolute atomic E-state index is 5.64. The minimum Gasteiger partial charge on any atom is -0.496 e. The van der Waals surface area contributed by atoms with E-state index < -0.39 is 0 Å². The SMILES string of the molecule is COc1cc(C(C)C)ccc1-c1n[nH]c(CN)c1Br. The summed E-state index contributed by atoms with van der Waals surface area (Å²) in [5, 5.41) is 7.24. The van der Waals surface area contributed by atoms with Gasteiger partial charge in [-0.2, -0.15) is 5.10 Å². The van der Waals surface area contributed by atoms with Gasteiger partial charge in [-0.1, -0.05) is 19.9 Å². The van der Waals surface area contributed by atoms with E-state index in [1.54, 1.807) is 7.11 Å². The summed E-state index contributed by atoms with van der Waals surface area (Å²) in [6.45, 7) is 4.73. The molecule has 0 unspecified atom stereocenters. The van der Waals surface area contributed by atoms with Crippen LogP contribution in [0.5, 0.6) is 5.75 Å². The highest BCUT2D eigenvalue weighted by atomic mass is 79.9. The Labute approximate surface area is 121 Å². The summed E-state index contributed by atoms with van der Waals surface area (Å²) in [5.41, 5.74) is 9.55. The largest absolute Gasteiger partial charge is 0.496 e. The van der Waals surface area contributed by atoms with Gasteiger partial charge in [0.1, 0.15) is 11.4 Å². The number of ether oxygens (including phenoxy) is 1. The van der Waals surface area contributed by atoms with E-state index in [4.69, 9.17) is 10.5 Å². The maximum atomic E-state index is 5.64. The van der Waals surface area contributed by atoms with Gasteiger partial charge in [0, 0.05) is 12.1 Å². The van der Waals surface area contributed by atoms with Crippen LogP contribution in [0.15, 0.2) is 22.7 Å². The highest BCUT2D eigenvalue weighted by Gasteiger charge is 2.16. The second-order valence-electron chi connectivity index (χ2n) is 4.68. The van der Waals surface area contributed by atoms with Crippen molar-refractivity contribution in [1.29, 1.82) is 0 Å². The van der Waals surface area contributed by atoms with Crippen LogP contribution in [0.1, 0.15) is 31.0 Å². The molecule has 0 saturated carbocycles. The molecule has 0 amide bonds. The number of benzene rings is 1. The molecule has 0 aliphatic rings. The number of H-pyrrole nitrogens is 1. The molecule has 0 aliphatic heterocycles. The summed E-state index contributed by atoms with van der Waals surface area (Å²) < 4.78 is 6.38. The van der Waals surface area contributed by atoms with E-state index in [2.05, 4.69) is 52.1 Å². The Morgan fingerprint density at radius 3 is 2.68 bits per heavy atom. The standard InChI is InChI=1S/C14H18BrN3O/c1-8(2)9-4-5-10(12(6-9)19-3)14-13(15)11(7-16)17-18-14/h4-6,8H,7,16H2,1-3H3,(H,17,18). The molecular formula is C14H18BrN3O. The quantitative estimate of drug-likeness (QED) is 0.906. The fourth-order valence-corrected chi connectivity index (χ4v) is 2.49. The normalized spacial score (nSPS) is 11.1. The molecule has 1 heterocycles. The smallest absolute Gasteiger partial charge is 0.128 e. The van der Waals surface area contributed by atoms with Crippen LogP contribution in [-0.2, 0) is 6.54 Å². The zero-order valence-electron chi connectivity index (χ0n) is 11.3. The summed E-state index contributed by atoms with van der Waals surface area (Å²) in [6, 6.07) is 6.20. The van der Waals surface area contributed by atoms with Crippen molar-refractivity contribution in [2.24, 2.45) is 5.73 Å². The van der Waals surface area contributed by atoms with Crippen molar-refractivity contribution in [3.8, 4) is 17.0 Å². The van der Waals surface area contributed by atoms with Crippen LogP contribution >= 0.6 is 15.9 Å². The molecule has 0 radical (unpaired) electrons. The van der Waals surface area contributed by atoms with E-state index in [1.165, 1.54) is 5.56 Å². The van der Waals surface area contributed by atoms with Gasteiger partial charge in [0.05, 0.1) is 17.3 Å². The average Bonchev–Trinajstić information content (AvgIpc) is 2.78. The number of nitrogens with two attached hydrogens (primary N) is 1.